The third-order valence-corrected chi connectivity index (χ3v) is 5.27. The van der Waals surface area contributed by atoms with Gasteiger partial charge in [0.05, 0.1) is 12.2 Å². The number of halogens is 7. The maximum absolute atomic E-state index is 13.6. The summed E-state index contributed by atoms with van der Waals surface area (Å²) in [4.78, 5) is 11.6. The molecule has 1 aromatic rings. The molecule has 3 unspecified atom stereocenters. The van der Waals surface area contributed by atoms with Crippen LogP contribution < -0.4 is 16.4 Å². The first-order valence-electron chi connectivity index (χ1n) is 9.06. The highest BCUT2D eigenvalue weighted by Crippen LogP contribution is 2.54. The second-order valence-electron chi connectivity index (χ2n) is 7.73. The summed E-state index contributed by atoms with van der Waals surface area (Å²) in [5.74, 6) is -8.40. The Morgan fingerprint density at radius 2 is 1.73 bits per heavy atom. The third kappa shape index (κ3) is 4.01. The Labute approximate surface area is 165 Å². The predicted octanol–water partition coefficient (Wildman–Crippen LogP) is 2.82. The highest BCUT2D eigenvalue weighted by Gasteiger charge is 2.60. The van der Waals surface area contributed by atoms with E-state index in [0.29, 0.717) is 0 Å². The van der Waals surface area contributed by atoms with Gasteiger partial charge in [0.25, 0.3) is 11.8 Å². The molecule has 0 amide bonds. The Hall–Kier alpha value is -2.60. The SMILES string of the molecule is NC1=NC(CC2CC2(F)F)(c2cccc(C(F)(F)F)n2)NC(=NCC2CC2(F)F)N1. The number of hydrogen-bond acceptors (Lipinski definition) is 4. The molecule has 13 heteroatoms. The van der Waals surface area contributed by atoms with Crippen molar-refractivity contribution < 1.29 is 30.7 Å². The van der Waals surface area contributed by atoms with Crippen molar-refractivity contribution in [2.24, 2.45) is 27.6 Å². The van der Waals surface area contributed by atoms with Crippen LogP contribution in [0.3, 0.4) is 0 Å². The lowest BCUT2D eigenvalue weighted by atomic mass is 9.97. The van der Waals surface area contributed by atoms with Gasteiger partial charge in [0.2, 0.25) is 0 Å². The van der Waals surface area contributed by atoms with Crippen LogP contribution in [0, 0.1) is 11.8 Å². The molecule has 0 spiro atoms. The summed E-state index contributed by atoms with van der Waals surface area (Å²) in [6.07, 6.45) is -5.96. The first-order valence-corrected chi connectivity index (χ1v) is 9.06. The first-order chi connectivity index (χ1) is 13.8. The van der Waals surface area contributed by atoms with E-state index >= 15 is 0 Å². The molecule has 2 saturated carbocycles. The molecule has 0 aromatic carbocycles. The highest BCUT2D eigenvalue weighted by molar-refractivity contribution is 6.00. The molecule has 164 valence electrons. The molecule has 4 N–H and O–H groups in total. The van der Waals surface area contributed by atoms with Crippen LogP contribution in [0.1, 0.15) is 30.7 Å². The fourth-order valence-electron chi connectivity index (χ4n) is 3.35. The van der Waals surface area contributed by atoms with E-state index in [2.05, 4.69) is 25.6 Å². The number of nitrogens with two attached hydrogens (primary N) is 1. The average Bonchev–Trinajstić information content (AvgIpc) is 3.45. The van der Waals surface area contributed by atoms with Gasteiger partial charge >= 0.3 is 6.18 Å². The lowest BCUT2D eigenvalue weighted by molar-refractivity contribution is -0.141. The van der Waals surface area contributed by atoms with E-state index < -0.39 is 54.1 Å². The van der Waals surface area contributed by atoms with E-state index in [4.69, 9.17) is 5.73 Å². The van der Waals surface area contributed by atoms with Crippen LogP contribution in [0.4, 0.5) is 30.7 Å². The molecular formula is C17H17F7N6. The molecule has 1 aliphatic heterocycles. The van der Waals surface area contributed by atoms with E-state index in [-0.39, 0.29) is 30.6 Å². The van der Waals surface area contributed by atoms with Crippen molar-refractivity contribution in [1.29, 1.82) is 0 Å². The van der Waals surface area contributed by atoms with Gasteiger partial charge in [-0.05, 0) is 12.1 Å². The van der Waals surface area contributed by atoms with Crippen molar-refractivity contribution in [2.75, 3.05) is 6.54 Å². The van der Waals surface area contributed by atoms with Gasteiger partial charge in [-0.2, -0.15) is 13.2 Å². The highest BCUT2D eigenvalue weighted by atomic mass is 19.4. The molecule has 6 nitrogen and oxygen atoms in total. The molecule has 30 heavy (non-hydrogen) atoms. The maximum atomic E-state index is 13.6. The van der Waals surface area contributed by atoms with Crippen molar-refractivity contribution in [2.45, 2.75) is 42.9 Å². The number of nitrogens with one attached hydrogen (secondary N) is 2. The Morgan fingerprint density at radius 1 is 1.10 bits per heavy atom. The van der Waals surface area contributed by atoms with Crippen molar-refractivity contribution in [3.8, 4) is 0 Å². The molecular weight excluding hydrogens is 421 g/mol. The molecule has 2 fully saturated rings. The van der Waals surface area contributed by atoms with Gasteiger partial charge in [-0.3, -0.25) is 10.3 Å². The van der Waals surface area contributed by atoms with Gasteiger partial charge in [0.1, 0.15) is 5.69 Å². The van der Waals surface area contributed by atoms with Crippen LogP contribution >= 0.6 is 0 Å². The average molecular weight is 438 g/mol. The monoisotopic (exact) mass is 438 g/mol. The number of nitrogens with zero attached hydrogens (tertiary/aromatic N) is 3. The number of guanidine groups is 2. The van der Waals surface area contributed by atoms with Crippen LogP contribution in [0.15, 0.2) is 28.2 Å². The number of aliphatic imine (C=N–C) groups is 2. The van der Waals surface area contributed by atoms with Crippen molar-refractivity contribution in [3.63, 3.8) is 0 Å². The zero-order valence-electron chi connectivity index (χ0n) is 15.3. The number of alkyl halides is 7. The first kappa shape index (κ1) is 20.7. The smallest absolute Gasteiger partial charge is 0.370 e. The number of aromatic nitrogens is 1. The van der Waals surface area contributed by atoms with Crippen molar-refractivity contribution in [3.05, 3.63) is 29.6 Å². The fourth-order valence-corrected chi connectivity index (χ4v) is 3.35. The van der Waals surface area contributed by atoms with E-state index in [0.717, 1.165) is 12.1 Å². The minimum atomic E-state index is -4.77. The van der Waals surface area contributed by atoms with Crippen LogP contribution in [0.5, 0.6) is 0 Å². The van der Waals surface area contributed by atoms with Gasteiger partial charge in [-0.1, -0.05) is 6.07 Å². The summed E-state index contributed by atoms with van der Waals surface area (Å²) in [6.45, 7) is -0.276. The van der Waals surface area contributed by atoms with Gasteiger partial charge in [-0.15, -0.1) is 0 Å². The maximum Gasteiger partial charge on any atom is 0.433 e. The van der Waals surface area contributed by atoms with Gasteiger partial charge in [0.15, 0.2) is 17.6 Å². The molecule has 2 heterocycles. The van der Waals surface area contributed by atoms with Crippen LogP contribution in [-0.2, 0) is 11.8 Å². The second kappa shape index (κ2) is 6.45. The zero-order valence-corrected chi connectivity index (χ0v) is 15.3. The van der Waals surface area contributed by atoms with Gasteiger partial charge in [0, 0.05) is 31.1 Å². The summed E-state index contributed by atoms with van der Waals surface area (Å²) in [5.41, 5.74) is 2.37. The van der Waals surface area contributed by atoms with Crippen molar-refractivity contribution >= 4 is 11.9 Å². The Kier molecular flexibility index (Phi) is 4.44. The molecule has 3 aliphatic rings. The molecule has 0 saturated heterocycles. The molecule has 3 atom stereocenters. The van der Waals surface area contributed by atoms with E-state index in [1.165, 1.54) is 6.07 Å². The second-order valence-corrected chi connectivity index (χ2v) is 7.73. The van der Waals surface area contributed by atoms with Crippen LogP contribution in [-0.4, -0.2) is 35.3 Å². The minimum absolute atomic E-state index is 0.145. The Bertz CT molecular complexity index is 912. The lowest BCUT2D eigenvalue weighted by Crippen LogP contribution is -2.59. The Balaban J connectivity index is 1.69. The van der Waals surface area contributed by atoms with E-state index in [9.17, 15) is 30.7 Å². The number of hydrogen-bond donors (Lipinski definition) is 3. The van der Waals surface area contributed by atoms with Crippen molar-refractivity contribution in [1.82, 2.24) is 15.6 Å². The molecule has 0 bridgehead atoms. The van der Waals surface area contributed by atoms with E-state index in [1.54, 1.807) is 0 Å². The fraction of sp³-hybridized carbons (Fsp3) is 0.588. The largest absolute Gasteiger partial charge is 0.433 e. The van der Waals surface area contributed by atoms with Crippen LogP contribution in [0.2, 0.25) is 0 Å². The molecule has 1 aromatic heterocycles. The summed E-state index contributed by atoms with van der Waals surface area (Å²) in [6, 6.07) is 3.02. The number of rotatable bonds is 5. The third-order valence-electron chi connectivity index (χ3n) is 5.27. The minimum Gasteiger partial charge on any atom is -0.370 e. The topological polar surface area (TPSA) is 87.7 Å². The zero-order chi connectivity index (χ0) is 21.9. The Morgan fingerprint density at radius 3 is 2.30 bits per heavy atom. The molecule has 2 aliphatic carbocycles. The summed E-state index contributed by atoms with van der Waals surface area (Å²) in [7, 11) is 0. The van der Waals surface area contributed by atoms with Gasteiger partial charge < -0.3 is 11.1 Å². The molecule has 4 rings (SSSR count). The predicted molar refractivity (Wildman–Crippen MR) is 91.8 cm³/mol. The molecule has 0 radical (unpaired) electrons. The standard InChI is InChI=1S/C17H17F7N6/c18-14(19)4-8(14)6-16(10-2-1-3-11(27-10)17(22,23)24)29-12(25)28-13(30-16)26-7-9-5-15(9,20)21/h1-3,8-9H,4-7H2,(H4,25,26,28,29,30). The van der Waals surface area contributed by atoms with Crippen LogP contribution in [0.25, 0.3) is 0 Å². The summed E-state index contributed by atoms with van der Waals surface area (Å²) >= 11 is 0. The quantitative estimate of drug-likeness (QED) is 0.617. The summed E-state index contributed by atoms with van der Waals surface area (Å²) in [5, 5.41) is 5.17. The lowest BCUT2D eigenvalue weighted by Gasteiger charge is -2.36. The normalized spacial score (nSPS) is 32.8. The summed E-state index contributed by atoms with van der Waals surface area (Å²) < 4.78 is 92.8. The van der Waals surface area contributed by atoms with Gasteiger partial charge in [-0.25, -0.2) is 27.5 Å². The number of pyridine rings is 1. The van der Waals surface area contributed by atoms with E-state index in [1.807, 2.05) is 0 Å².